The molecule has 3 aromatic rings. The van der Waals surface area contributed by atoms with Crippen LogP contribution in [0, 0.1) is 0 Å². The summed E-state index contributed by atoms with van der Waals surface area (Å²) in [5.74, 6) is 1.37. The number of pyridine rings is 1. The molecule has 6 nitrogen and oxygen atoms in total. The summed E-state index contributed by atoms with van der Waals surface area (Å²) < 4.78 is 10.6. The van der Waals surface area contributed by atoms with Crippen LogP contribution in [0.1, 0.15) is 23.0 Å². The average molecular weight is 391 g/mol. The third-order valence-electron chi connectivity index (χ3n) is 4.32. The van der Waals surface area contributed by atoms with E-state index in [9.17, 15) is 4.79 Å². The first-order valence-electron chi connectivity index (χ1n) is 9.55. The number of nitrogens with one attached hydrogen (secondary N) is 2. The summed E-state index contributed by atoms with van der Waals surface area (Å²) in [4.78, 5) is 16.6. The van der Waals surface area contributed by atoms with Crippen LogP contribution in [0.4, 0.5) is 11.4 Å². The largest absolute Gasteiger partial charge is 0.497 e. The van der Waals surface area contributed by atoms with Crippen LogP contribution in [0.2, 0.25) is 0 Å². The second-order valence-electron chi connectivity index (χ2n) is 6.37. The Morgan fingerprint density at radius 1 is 0.931 bits per heavy atom. The Bertz CT molecular complexity index is 908. The molecule has 0 atom stereocenters. The van der Waals surface area contributed by atoms with E-state index < -0.39 is 0 Å². The number of anilines is 2. The van der Waals surface area contributed by atoms with Gasteiger partial charge in [0.25, 0.3) is 5.91 Å². The number of carbonyl (C=O) groups excluding carboxylic acids is 1. The van der Waals surface area contributed by atoms with Crippen LogP contribution in [0.25, 0.3) is 0 Å². The summed E-state index contributed by atoms with van der Waals surface area (Å²) in [5, 5.41) is 6.15. The Balaban J connectivity index is 1.48. The standard InChI is InChI=1S/C23H25N3O3/c1-3-29-21-11-6-18(7-12-21)26-23(27)22-13-8-19(16-25-22)24-15-14-17-4-9-20(28-2)10-5-17/h4-13,16,24H,3,14-15H2,1-2H3,(H,26,27). The molecule has 6 heteroatoms. The molecule has 0 aliphatic heterocycles. The van der Waals surface area contributed by atoms with E-state index >= 15 is 0 Å². The lowest BCUT2D eigenvalue weighted by molar-refractivity contribution is 0.102. The Morgan fingerprint density at radius 3 is 2.24 bits per heavy atom. The summed E-state index contributed by atoms with van der Waals surface area (Å²) in [6, 6.07) is 18.8. The Labute approximate surface area is 170 Å². The van der Waals surface area contributed by atoms with E-state index in [4.69, 9.17) is 9.47 Å². The zero-order chi connectivity index (χ0) is 20.5. The lowest BCUT2D eigenvalue weighted by atomic mass is 10.1. The maximum atomic E-state index is 12.4. The van der Waals surface area contributed by atoms with E-state index in [1.165, 1.54) is 5.56 Å². The normalized spacial score (nSPS) is 10.3. The minimum absolute atomic E-state index is 0.251. The number of amides is 1. The van der Waals surface area contributed by atoms with Gasteiger partial charge in [-0.25, -0.2) is 4.98 Å². The van der Waals surface area contributed by atoms with Gasteiger partial charge in [0.15, 0.2) is 0 Å². The second-order valence-corrected chi connectivity index (χ2v) is 6.37. The maximum absolute atomic E-state index is 12.4. The number of rotatable bonds is 9. The number of hydrogen-bond acceptors (Lipinski definition) is 5. The van der Waals surface area contributed by atoms with Crippen molar-refractivity contribution in [1.82, 2.24) is 4.98 Å². The van der Waals surface area contributed by atoms with E-state index in [-0.39, 0.29) is 5.91 Å². The smallest absolute Gasteiger partial charge is 0.274 e. The van der Waals surface area contributed by atoms with Crippen molar-refractivity contribution in [1.29, 1.82) is 0 Å². The first-order valence-corrected chi connectivity index (χ1v) is 9.55. The molecular weight excluding hydrogens is 366 g/mol. The molecule has 0 fully saturated rings. The van der Waals surface area contributed by atoms with Gasteiger partial charge in [0, 0.05) is 12.2 Å². The van der Waals surface area contributed by atoms with E-state index in [0.717, 1.165) is 30.2 Å². The summed E-state index contributed by atoms with van der Waals surface area (Å²) >= 11 is 0. The second kappa shape index (κ2) is 10.1. The van der Waals surface area contributed by atoms with Crippen molar-refractivity contribution in [2.75, 3.05) is 30.9 Å². The van der Waals surface area contributed by atoms with Crippen LogP contribution in [-0.4, -0.2) is 31.2 Å². The third kappa shape index (κ3) is 5.97. The lowest BCUT2D eigenvalue weighted by Crippen LogP contribution is -2.14. The highest BCUT2D eigenvalue weighted by Gasteiger charge is 2.08. The SMILES string of the molecule is CCOc1ccc(NC(=O)c2ccc(NCCc3ccc(OC)cc3)cn2)cc1. The molecule has 0 unspecified atom stereocenters. The van der Waals surface area contributed by atoms with Crippen molar-refractivity contribution >= 4 is 17.3 Å². The molecule has 2 N–H and O–H groups in total. The fraction of sp³-hybridized carbons (Fsp3) is 0.217. The van der Waals surface area contributed by atoms with Gasteiger partial charge in [0.2, 0.25) is 0 Å². The highest BCUT2D eigenvalue weighted by atomic mass is 16.5. The van der Waals surface area contributed by atoms with Gasteiger partial charge >= 0.3 is 0 Å². The van der Waals surface area contributed by atoms with E-state index in [1.54, 1.807) is 31.5 Å². The number of carbonyl (C=O) groups is 1. The van der Waals surface area contributed by atoms with Gasteiger partial charge in [0.1, 0.15) is 17.2 Å². The molecule has 29 heavy (non-hydrogen) atoms. The summed E-state index contributed by atoms with van der Waals surface area (Å²) in [6.45, 7) is 3.31. The molecule has 150 valence electrons. The van der Waals surface area contributed by atoms with Crippen molar-refractivity contribution in [3.05, 3.63) is 78.1 Å². The lowest BCUT2D eigenvalue weighted by Gasteiger charge is -2.09. The molecular formula is C23H25N3O3. The number of benzene rings is 2. The van der Waals surface area contributed by atoms with Crippen LogP contribution in [0.15, 0.2) is 66.9 Å². The van der Waals surface area contributed by atoms with E-state index in [0.29, 0.717) is 18.0 Å². The monoisotopic (exact) mass is 391 g/mol. The predicted molar refractivity (Wildman–Crippen MR) is 115 cm³/mol. The first-order chi connectivity index (χ1) is 14.2. The first kappa shape index (κ1) is 20.2. The molecule has 1 aromatic heterocycles. The number of nitrogens with zero attached hydrogens (tertiary/aromatic N) is 1. The topological polar surface area (TPSA) is 72.5 Å². The van der Waals surface area contributed by atoms with Crippen molar-refractivity contribution in [2.24, 2.45) is 0 Å². The zero-order valence-corrected chi connectivity index (χ0v) is 16.6. The number of methoxy groups -OCH3 is 1. The van der Waals surface area contributed by atoms with Crippen molar-refractivity contribution in [3.63, 3.8) is 0 Å². The molecule has 0 saturated heterocycles. The van der Waals surface area contributed by atoms with Crippen molar-refractivity contribution in [2.45, 2.75) is 13.3 Å². The molecule has 1 heterocycles. The number of aromatic nitrogens is 1. The predicted octanol–water partition coefficient (Wildman–Crippen LogP) is 4.40. The van der Waals surface area contributed by atoms with Crippen LogP contribution in [-0.2, 0) is 6.42 Å². The molecule has 0 saturated carbocycles. The van der Waals surface area contributed by atoms with Crippen LogP contribution < -0.4 is 20.1 Å². The van der Waals surface area contributed by atoms with E-state index in [2.05, 4.69) is 15.6 Å². The molecule has 3 rings (SSSR count). The highest BCUT2D eigenvalue weighted by molar-refractivity contribution is 6.02. The summed E-state index contributed by atoms with van der Waals surface area (Å²) in [7, 11) is 1.66. The van der Waals surface area contributed by atoms with Crippen LogP contribution in [0.5, 0.6) is 11.5 Å². The minimum Gasteiger partial charge on any atom is -0.497 e. The van der Waals surface area contributed by atoms with Crippen LogP contribution >= 0.6 is 0 Å². The van der Waals surface area contributed by atoms with Gasteiger partial charge in [-0.2, -0.15) is 0 Å². The van der Waals surface area contributed by atoms with Gasteiger partial charge in [-0.15, -0.1) is 0 Å². The van der Waals surface area contributed by atoms with Gasteiger partial charge in [-0.05, 0) is 67.4 Å². The fourth-order valence-electron chi connectivity index (χ4n) is 2.77. The quantitative estimate of drug-likeness (QED) is 0.566. The molecule has 0 aliphatic carbocycles. The Morgan fingerprint density at radius 2 is 1.62 bits per heavy atom. The zero-order valence-electron chi connectivity index (χ0n) is 16.6. The molecule has 0 spiro atoms. The third-order valence-corrected chi connectivity index (χ3v) is 4.32. The van der Waals surface area contributed by atoms with Gasteiger partial charge in [0.05, 0.1) is 25.6 Å². The number of hydrogen-bond donors (Lipinski definition) is 2. The summed E-state index contributed by atoms with van der Waals surface area (Å²) in [6.07, 6.45) is 2.55. The molecule has 0 radical (unpaired) electrons. The van der Waals surface area contributed by atoms with Crippen molar-refractivity contribution in [3.8, 4) is 11.5 Å². The molecule has 1 amide bonds. The molecule has 0 aliphatic rings. The van der Waals surface area contributed by atoms with Crippen LogP contribution in [0.3, 0.4) is 0 Å². The molecule has 2 aromatic carbocycles. The van der Waals surface area contributed by atoms with Gasteiger partial charge in [-0.3, -0.25) is 4.79 Å². The summed E-state index contributed by atoms with van der Waals surface area (Å²) in [5.41, 5.74) is 3.15. The van der Waals surface area contributed by atoms with Gasteiger partial charge in [-0.1, -0.05) is 12.1 Å². The van der Waals surface area contributed by atoms with E-state index in [1.807, 2.05) is 49.4 Å². The van der Waals surface area contributed by atoms with Gasteiger partial charge < -0.3 is 20.1 Å². The minimum atomic E-state index is -0.251. The number of ether oxygens (including phenoxy) is 2. The average Bonchev–Trinajstić information content (AvgIpc) is 2.76. The Kier molecular flexibility index (Phi) is 7.05. The highest BCUT2D eigenvalue weighted by Crippen LogP contribution is 2.17. The van der Waals surface area contributed by atoms with Crippen molar-refractivity contribution < 1.29 is 14.3 Å². The Hall–Kier alpha value is -3.54. The molecule has 0 bridgehead atoms. The maximum Gasteiger partial charge on any atom is 0.274 e. The fourth-order valence-corrected chi connectivity index (χ4v) is 2.77.